The van der Waals surface area contributed by atoms with Crippen molar-refractivity contribution in [1.82, 2.24) is 34.4 Å². The average molecular weight is 899 g/mol. The summed E-state index contributed by atoms with van der Waals surface area (Å²) in [6.45, 7) is 11.6. The van der Waals surface area contributed by atoms with Gasteiger partial charge in [-0.05, 0) is 90.8 Å². The number of H-pyrrole nitrogens is 1. The number of fused-ring (bicyclic) bond motifs is 1. The monoisotopic (exact) mass is 897 g/mol. The molecule has 60 heavy (non-hydrogen) atoms. The third-order valence-electron chi connectivity index (χ3n) is 11.1. The minimum absolute atomic E-state index is 0.354. The summed E-state index contributed by atoms with van der Waals surface area (Å²) >= 11 is 3.57. The molecule has 0 atom stereocenters. The van der Waals surface area contributed by atoms with Gasteiger partial charge in [-0.1, -0.05) is 0 Å². The lowest BCUT2D eigenvalue weighted by Crippen LogP contribution is -2.49. The Morgan fingerprint density at radius 2 is 1.65 bits per heavy atom. The van der Waals surface area contributed by atoms with Gasteiger partial charge in [0.2, 0.25) is 5.95 Å². The van der Waals surface area contributed by atoms with E-state index in [2.05, 4.69) is 80.3 Å². The predicted octanol–water partition coefficient (Wildman–Crippen LogP) is 6.25. The lowest BCUT2D eigenvalue weighted by atomic mass is 9.95. The number of piperazine rings is 1. The number of aryl methyl sites for hydroxylation is 1. The number of hydrogen-bond acceptors (Lipinski definition) is 13. The molecule has 8 rings (SSSR count). The zero-order valence-electron chi connectivity index (χ0n) is 33.8. The Hall–Kier alpha value is -5.64. The number of aromatic nitrogens is 6. The van der Waals surface area contributed by atoms with Gasteiger partial charge in [0.25, 0.3) is 5.56 Å². The van der Waals surface area contributed by atoms with Gasteiger partial charge in [-0.25, -0.2) is 14.2 Å². The standard InChI is InChI=1S/C42H46BrFN11O4P/c1-26-21-33(49-41-47-24-29(43)40(51-41)48-32-7-6-31-38(46-13-12-45-31)39(32)60(3,4)58)36(59-2)23-35(26)54-19-17-52(18-20-54)25-27-9-14-53(15-10-27)34-8-5-28(22-30(34)44)55-16-11-37(56)50-42(55)57/h5-8,11-13,16,21-24,27H,9-10,14-15,17-20,25H2,1-4H3,(H,50,56,57)(H2,47,48,49,51). The molecule has 0 amide bonds. The Bertz CT molecular complexity index is 2730. The Morgan fingerprint density at radius 1 is 0.900 bits per heavy atom. The zero-order chi connectivity index (χ0) is 42.1. The molecule has 5 heterocycles. The molecule has 0 aliphatic carbocycles. The number of rotatable bonds is 11. The first-order chi connectivity index (χ1) is 28.8. The topological polar surface area (TPSA) is 166 Å². The average Bonchev–Trinajstić information content (AvgIpc) is 3.22. The second-order valence-corrected chi connectivity index (χ2v) is 19.6. The molecule has 3 N–H and O–H groups in total. The van der Waals surface area contributed by atoms with Crippen molar-refractivity contribution < 1.29 is 13.7 Å². The van der Waals surface area contributed by atoms with Crippen LogP contribution in [0, 0.1) is 18.7 Å². The first-order valence-electron chi connectivity index (χ1n) is 19.7. The van der Waals surface area contributed by atoms with Crippen LogP contribution in [0.25, 0.3) is 16.7 Å². The van der Waals surface area contributed by atoms with Crippen LogP contribution >= 0.6 is 23.1 Å². The molecule has 0 bridgehead atoms. The molecule has 0 spiro atoms. The molecule has 3 aromatic heterocycles. The normalized spacial score (nSPS) is 15.4. The van der Waals surface area contributed by atoms with E-state index in [0.29, 0.717) is 61.3 Å². The minimum Gasteiger partial charge on any atom is -0.494 e. The molecule has 312 valence electrons. The van der Waals surface area contributed by atoms with Gasteiger partial charge in [0.05, 0.1) is 45.2 Å². The van der Waals surface area contributed by atoms with Crippen LogP contribution in [-0.2, 0) is 4.57 Å². The minimum atomic E-state index is -2.78. The van der Waals surface area contributed by atoms with Crippen LogP contribution < -0.4 is 41.7 Å². The molecule has 15 nitrogen and oxygen atoms in total. The quantitative estimate of drug-likeness (QED) is 0.125. The summed E-state index contributed by atoms with van der Waals surface area (Å²) in [6, 6.07) is 13.8. The van der Waals surface area contributed by atoms with Crippen LogP contribution in [-0.4, -0.2) is 101 Å². The first kappa shape index (κ1) is 41.1. The molecule has 2 fully saturated rings. The highest BCUT2D eigenvalue weighted by Crippen LogP contribution is 2.42. The van der Waals surface area contributed by atoms with Crippen molar-refractivity contribution >= 4 is 73.9 Å². The number of hydrogen-bond donors (Lipinski definition) is 3. The van der Waals surface area contributed by atoms with E-state index < -0.39 is 24.2 Å². The molecule has 6 aromatic rings. The molecular weight excluding hydrogens is 852 g/mol. The van der Waals surface area contributed by atoms with Crippen molar-refractivity contribution in [3.8, 4) is 11.4 Å². The largest absolute Gasteiger partial charge is 0.494 e. The Balaban J connectivity index is 0.877. The Labute approximate surface area is 354 Å². The van der Waals surface area contributed by atoms with E-state index in [1.54, 1.807) is 51.2 Å². The van der Waals surface area contributed by atoms with Gasteiger partial charge in [-0.3, -0.25) is 29.2 Å². The molecule has 0 unspecified atom stereocenters. The van der Waals surface area contributed by atoms with E-state index in [9.17, 15) is 14.2 Å². The van der Waals surface area contributed by atoms with E-state index in [1.165, 1.54) is 22.9 Å². The van der Waals surface area contributed by atoms with Crippen molar-refractivity contribution in [1.29, 1.82) is 0 Å². The van der Waals surface area contributed by atoms with Crippen molar-refractivity contribution in [2.45, 2.75) is 19.8 Å². The maximum Gasteiger partial charge on any atom is 0.332 e. The number of nitrogens with zero attached hydrogens (tertiary/aromatic N) is 8. The summed E-state index contributed by atoms with van der Waals surface area (Å²) in [5.74, 6) is 1.63. The van der Waals surface area contributed by atoms with Crippen molar-refractivity contribution in [2.75, 3.05) is 86.7 Å². The maximum atomic E-state index is 15.3. The second kappa shape index (κ2) is 17.1. The number of nitrogens with one attached hydrogen (secondary N) is 3. The van der Waals surface area contributed by atoms with E-state index in [0.717, 1.165) is 75.6 Å². The summed E-state index contributed by atoms with van der Waals surface area (Å²) in [7, 11) is -1.13. The summed E-state index contributed by atoms with van der Waals surface area (Å²) in [5, 5.41) is 7.30. The van der Waals surface area contributed by atoms with Crippen molar-refractivity contribution in [3.63, 3.8) is 0 Å². The fraction of sp³-hybridized carbons (Fsp3) is 0.333. The SMILES string of the molecule is COc1cc(N2CCN(CC3CCN(c4ccc(-n5ccc(=O)[nH]c5=O)cc4F)CC3)CC2)c(C)cc1Nc1ncc(Br)c(Nc2ccc3nccnc3c2P(C)(C)=O)n1. The Kier molecular flexibility index (Phi) is 11.7. The fourth-order valence-electron chi connectivity index (χ4n) is 8.13. The summed E-state index contributed by atoms with van der Waals surface area (Å²) in [6.07, 6.45) is 8.15. The van der Waals surface area contributed by atoms with E-state index in [4.69, 9.17) is 9.72 Å². The highest BCUT2D eigenvalue weighted by molar-refractivity contribution is 9.10. The van der Waals surface area contributed by atoms with Crippen LogP contribution in [0.2, 0.25) is 0 Å². The number of piperidine rings is 1. The first-order valence-corrected chi connectivity index (χ1v) is 23.1. The molecule has 0 radical (unpaired) electrons. The lowest BCUT2D eigenvalue weighted by Gasteiger charge is -2.40. The van der Waals surface area contributed by atoms with Gasteiger partial charge < -0.3 is 29.7 Å². The summed E-state index contributed by atoms with van der Waals surface area (Å²) in [5.41, 5.74) is 4.59. The molecule has 3 aromatic carbocycles. The highest BCUT2D eigenvalue weighted by atomic mass is 79.9. The van der Waals surface area contributed by atoms with Gasteiger partial charge in [0.1, 0.15) is 30.0 Å². The number of ether oxygens (including phenoxy) is 1. The van der Waals surface area contributed by atoms with E-state index >= 15 is 4.39 Å². The number of aromatic amines is 1. The van der Waals surface area contributed by atoms with E-state index in [-0.39, 0.29) is 0 Å². The van der Waals surface area contributed by atoms with Gasteiger partial charge in [-0.15, -0.1) is 0 Å². The molecule has 2 aliphatic heterocycles. The van der Waals surface area contributed by atoms with Gasteiger partial charge in [-0.2, -0.15) is 4.98 Å². The van der Waals surface area contributed by atoms with Crippen molar-refractivity contribution in [3.05, 3.63) is 110 Å². The number of anilines is 6. The number of benzene rings is 3. The van der Waals surface area contributed by atoms with Crippen molar-refractivity contribution in [2.24, 2.45) is 5.92 Å². The van der Waals surface area contributed by atoms with Crippen LogP contribution in [0.4, 0.5) is 38.9 Å². The van der Waals surface area contributed by atoms with Crippen LogP contribution in [0.5, 0.6) is 5.75 Å². The fourth-order valence-corrected chi connectivity index (χ4v) is 9.81. The zero-order valence-corrected chi connectivity index (χ0v) is 36.3. The summed E-state index contributed by atoms with van der Waals surface area (Å²) < 4.78 is 36.5. The second-order valence-electron chi connectivity index (χ2n) is 15.5. The number of methoxy groups -OCH3 is 1. The molecule has 0 saturated carbocycles. The van der Waals surface area contributed by atoms with Gasteiger partial charge >= 0.3 is 5.69 Å². The van der Waals surface area contributed by atoms with Crippen LogP contribution in [0.1, 0.15) is 18.4 Å². The lowest BCUT2D eigenvalue weighted by molar-refractivity contribution is 0.201. The molecular formula is C42H46BrFN11O4P. The summed E-state index contributed by atoms with van der Waals surface area (Å²) in [4.78, 5) is 51.0. The van der Waals surface area contributed by atoms with Gasteiger partial charge in [0.15, 0.2) is 0 Å². The van der Waals surface area contributed by atoms with Gasteiger partial charge in [0, 0.05) is 94.5 Å². The Morgan fingerprint density at radius 3 is 2.37 bits per heavy atom. The third kappa shape index (κ3) is 8.79. The number of halogens is 2. The molecule has 2 aliphatic rings. The third-order valence-corrected chi connectivity index (χ3v) is 13.2. The van der Waals surface area contributed by atoms with E-state index in [1.807, 2.05) is 12.1 Å². The molecule has 18 heteroatoms. The van der Waals surface area contributed by atoms with Crippen LogP contribution in [0.3, 0.4) is 0 Å². The predicted molar refractivity (Wildman–Crippen MR) is 239 cm³/mol. The highest BCUT2D eigenvalue weighted by Gasteiger charge is 2.27. The molecule has 2 saturated heterocycles. The smallest absolute Gasteiger partial charge is 0.332 e. The maximum absolute atomic E-state index is 15.3. The van der Waals surface area contributed by atoms with Crippen LogP contribution in [0.15, 0.2) is 87.4 Å².